The fourth-order valence-corrected chi connectivity index (χ4v) is 2.22. The predicted octanol–water partition coefficient (Wildman–Crippen LogP) is 2.72. The summed E-state index contributed by atoms with van der Waals surface area (Å²) in [4.78, 5) is 4.03. The van der Waals surface area contributed by atoms with Gasteiger partial charge in [0, 0.05) is 11.2 Å². The van der Waals surface area contributed by atoms with Crippen molar-refractivity contribution in [3.63, 3.8) is 0 Å². The zero-order valence-electron chi connectivity index (χ0n) is 13.2. The number of hydrogen-bond donors (Lipinski definition) is 0. The van der Waals surface area contributed by atoms with E-state index in [0.717, 1.165) is 11.2 Å². The van der Waals surface area contributed by atoms with E-state index in [1.54, 1.807) is 6.07 Å². The maximum atomic E-state index is 13.4. The van der Waals surface area contributed by atoms with Crippen LogP contribution < -0.4 is 5.46 Å². The van der Waals surface area contributed by atoms with Crippen LogP contribution in [0, 0.1) is 11.9 Å². The molecule has 1 aliphatic heterocycles. The molecule has 0 atom stereocenters. The molecule has 0 N–H and O–H groups in total. The van der Waals surface area contributed by atoms with Crippen molar-refractivity contribution in [2.45, 2.75) is 59.2 Å². The molecule has 0 aliphatic carbocycles. The lowest BCUT2D eigenvalue weighted by Crippen LogP contribution is -2.41. The Labute approximate surface area is 121 Å². The summed E-state index contributed by atoms with van der Waals surface area (Å²) in [6.07, 6.45) is 0.706. The average Bonchev–Trinajstić information content (AvgIpc) is 2.46. The summed E-state index contributed by atoms with van der Waals surface area (Å²) in [6, 6.07) is 3.09. The molecule has 5 heteroatoms. The first kappa shape index (κ1) is 15.5. The van der Waals surface area contributed by atoms with Crippen molar-refractivity contribution in [1.29, 1.82) is 0 Å². The lowest BCUT2D eigenvalue weighted by atomic mass is 9.76. The molecule has 1 aliphatic rings. The van der Waals surface area contributed by atoms with Crippen LogP contribution >= 0.6 is 0 Å². The summed E-state index contributed by atoms with van der Waals surface area (Å²) in [6.45, 7) is 12.2. The molecule has 20 heavy (non-hydrogen) atoms. The highest BCUT2D eigenvalue weighted by molar-refractivity contribution is 6.62. The Morgan fingerprint density at radius 2 is 1.70 bits per heavy atom. The van der Waals surface area contributed by atoms with Crippen molar-refractivity contribution in [1.82, 2.24) is 4.98 Å². The zero-order valence-corrected chi connectivity index (χ0v) is 13.2. The second-order valence-corrected chi connectivity index (χ2v) is 6.86. The van der Waals surface area contributed by atoms with Crippen LogP contribution in [0.4, 0.5) is 4.39 Å². The summed E-state index contributed by atoms with van der Waals surface area (Å²) in [7, 11) is -0.484. The fraction of sp³-hybridized carbons (Fsp3) is 0.667. The molecule has 1 fully saturated rings. The van der Waals surface area contributed by atoms with Gasteiger partial charge in [0.2, 0.25) is 5.95 Å². The molecular weight excluding hydrogens is 256 g/mol. The first-order valence-electron chi connectivity index (χ1n) is 7.13. The SMILES string of the molecule is CC(C)Cc1nc(F)ccc1B1OC(C)(C)C(C)(C)O1. The predicted molar refractivity (Wildman–Crippen MR) is 78.5 cm³/mol. The average molecular weight is 279 g/mol. The summed E-state index contributed by atoms with van der Waals surface area (Å²) >= 11 is 0. The van der Waals surface area contributed by atoms with Crippen LogP contribution in [0.25, 0.3) is 0 Å². The highest BCUT2D eigenvalue weighted by atomic mass is 19.1. The second kappa shape index (κ2) is 5.12. The Morgan fingerprint density at radius 3 is 2.20 bits per heavy atom. The molecule has 3 nitrogen and oxygen atoms in total. The van der Waals surface area contributed by atoms with E-state index in [9.17, 15) is 4.39 Å². The van der Waals surface area contributed by atoms with Crippen LogP contribution in [-0.4, -0.2) is 23.3 Å². The highest BCUT2D eigenvalue weighted by Gasteiger charge is 2.52. The Kier molecular flexibility index (Phi) is 3.95. The number of nitrogens with zero attached hydrogens (tertiary/aromatic N) is 1. The van der Waals surface area contributed by atoms with Crippen molar-refractivity contribution in [2.75, 3.05) is 0 Å². The van der Waals surface area contributed by atoms with Gasteiger partial charge >= 0.3 is 7.12 Å². The Balaban J connectivity index is 2.34. The summed E-state index contributed by atoms with van der Waals surface area (Å²) in [5, 5.41) is 0. The minimum atomic E-state index is -0.484. The van der Waals surface area contributed by atoms with E-state index in [0.29, 0.717) is 12.3 Å². The van der Waals surface area contributed by atoms with Gasteiger partial charge in [0.1, 0.15) is 0 Å². The molecular formula is C15H23BFNO2. The van der Waals surface area contributed by atoms with Gasteiger partial charge in [0.05, 0.1) is 11.2 Å². The molecule has 1 aromatic heterocycles. The third-order valence-corrected chi connectivity index (χ3v) is 4.08. The molecule has 0 spiro atoms. The number of aromatic nitrogens is 1. The van der Waals surface area contributed by atoms with Crippen molar-refractivity contribution < 1.29 is 13.7 Å². The van der Waals surface area contributed by atoms with Crippen LogP contribution in [0.5, 0.6) is 0 Å². The van der Waals surface area contributed by atoms with Crippen LogP contribution in [-0.2, 0) is 15.7 Å². The van der Waals surface area contributed by atoms with E-state index < -0.39 is 24.3 Å². The van der Waals surface area contributed by atoms with E-state index in [4.69, 9.17) is 9.31 Å². The van der Waals surface area contributed by atoms with Gasteiger partial charge in [0.25, 0.3) is 0 Å². The van der Waals surface area contributed by atoms with Crippen LogP contribution in [0.2, 0.25) is 0 Å². The fourth-order valence-electron chi connectivity index (χ4n) is 2.22. The van der Waals surface area contributed by atoms with Gasteiger partial charge in [-0.15, -0.1) is 0 Å². The standard InChI is InChI=1S/C15H23BFNO2/c1-10(2)9-12-11(7-8-13(17)18-12)16-19-14(3,4)15(5,6)20-16/h7-8,10H,9H2,1-6H3. The molecule has 2 rings (SSSR count). The first-order valence-corrected chi connectivity index (χ1v) is 7.13. The second-order valence-electron chi connectivity index (χ2n) is 6.86. The lowest BCUT2D eigenvalue weighted by molar-refractivity contribution is 0.00578. The van der Waals surface area contributed by atoms with E-state index in [1.165, 1.54) is 6.07 Å². The minimum Gasteiger partial charge on any atom is -0.399 e. The smallest absolute Gasteiger partial charge is 0.399 e. The third-order valence-electron chi connectivity index (χ3n) is 4.08. The van der Waals surface area contributed by atoms with E-state index in [1.807, 2.05) is 27.7 Å². The third kappa shape index (κ3) is 2.89. The first-order chi connectivity index (χ1) is 9.12. The molecule has 2 heterocycles. The number of halogens is 1. The molecule has 1 saturated heterocycles. The topological polar surface area (TPSA) is 31.4 Å². The van der Waals surface area contributed by atoms with Gasteiger partial charge in [-0.2, -0.15) is 4.39 Å². The molecule has 0 amide bonds. The minimum absolute atomic E-state index is 0.394. The number of rotatable bonds is 3. The zero-order chi connectivity index (χ0) is 15.1. The number of pyridine rings is 1. The van der Waals surface area contributed by atoms with Gasteiger partial charge in [0.15, 0.2) is 0 Å². The molecule has 110 valence electrons. The maximum Gasteiger partial charge on any atom is 0.496 e. The highest BCUT2D eigenvalue weighted by Crippen LogP contribution is 2.36. The summed E-state index contributed by atoms with van der Waals surface area (Å²) in [5.41, 5.74) is 0.750. The Bertz CT molecular complexity index is 487. The van der Waals surface area contributed by atoms with Gasteiger partial charge < -0.3 is 9.31 Å². The summed E-state index contributed by atoms with van der Waals surface area (Å²) < 4.78 is 25.5. The van der Waals surface area contributed by atoms with Gasteiger partial charge in [-0.25, -0.2) is 4.98 Å². The van der Waals surface area contributed by atoms with Crippen molar-refractivity contribution in [2.24, 2.45) is 5.92 Å². The largest absolute Gasteiger partial charge is 0.496 e. The van der Waals surface area contributed by atoms with Gasteiger partial charge in [-0.3, -0.25) is 0 Å². The van der Waals surface area contributed by atoms with Gasteiger partial charge in [-0.05, 0) is 46.1 Å². The molecule has 1 aromatic rings. The van der Waals surface area contributed by atoms with E-state index in [2.05, 4.69) is 18.8 Å². The Hall–Kier alpha value is -0.935. The van der Waals surface area contributed by atoms with E-state index >= 15 is 0 Å². The molecule has 0 aromatic carbocycles. The monoisotopic (exact) mass is 279 g/mol. The van der Waals surface area contributed by atoms with Crippen molar-refractivity contribution in [3.8, 4) is 0 Å². The van der Waals surface area contributed by atoms with Gasteiger partial charge in [-0.1, -0.05) is 19.9 Å². The molecule has 0 unspecified atom stereocenters. The summed E-state index contributed by atoms with van der Waals surface area (Å²) in [5.74, 6) is -0.0635. The normalized spacial score (nSPS) is 20.7. The quantitative estimate of drug-likeness (QED) is 0.629. The molecule has 0 bridgehead atoms. The van der Waals surface area contributed by atoms with Crippen LogP contribution in [0.15, 0.2) is 12.1 Å². The van der Waals surface area contributed by atoms with Crippen molar-refractivity contribution >= 4 is 12.6 Å². The number of hydrogen-bond acceptors (Lipinski definition) is 3. The lowest BCUT2D eigenvalue weighted by Gasteiger charge is -2.32. The van der Waals surface area contributed by atoms with Crippen LogP contribution in [0.3, 0.4) is 0 Å². The van der Waals surface area contributed by atoms with Crippen molar-refractivity contribution in [3.05, 3.63) is 23.8 Å². The van der Waals surface area contributed by atoms with E-state index in [-0.39, 0.29) is 0 Å². The molecule has 0 radical (unpaired) electrons. The van der Waals surface area contributed by atoms with Crippen LogP contribution in [0.1, 0.15) is 47.2 Å². The molecule has 0 saturated carbocycles. The maximum absolute atomic E-state index is 13.4. The Morgan fingerprint density at radius 1 is 1.15 bits per heavy atom.